The van der Waals surface area contributed by atoms with E-state index in [0.29, 0.717) is 29.1 Å². The third-order valence-electron chi connectivity index (χ3n) is 4.24. The molecule has 0 aliphatic carbocycles. The number of rotatable bonds is 6. The first-order valence-electron chi connectivity index (χ1n) is 7.87. The predicted octanol–water partition coefficient (Wildman–Crippen LogP) is 0.631. The number of hydrogen-bond acceptors (Lipinski definition) is 6. The molecule has 0 aliphatic rings. The summed E-state index contributed by atoms with van der Waals surface area (Å²) in [6, 6.07) is 3.45. The van der Waals surface area contributed by atoms with Crippen molar-refractivity contribution in [3.05, 3.63) is 28.2 Å². The number of ether oxygens (including phenoxy) is 2. The Kier molecular flexibility index (Phi) is 5.63. The van der Waals surface area contributed by atoms with Gasteiger partial charge in [0.2, 0.25) is 0 Å². The molecule has 0 aliphatic heterocycles. The number of carbonyl (C=O) groups excluding carboxylic acids is 1. The van der Waals surface area contributed by atoms with E-state index in [1.165, 1.54) is 18.8 Å². The minimum absolute atomic E-state index is 0.137. The molecule has 0 unspecified atom stereocenters. The molecule has 136 valence electrons. The zero-order valence-corrected chi connectivity index (χ0v) is 15.4. The highest BCUT2D eigenvalue weighted by molar-refractivity contribution is 5.94. The van der Waals surface area contributed by atoms with Gasteiger partial charge in [-0.05, 0) is 21.0 Å². The molecule has 1 heterocycles. The number of likely N-dealkylation sites (N-methyl/N-ethyl adjacent to an activating group) is 1. The Bertz CT molecular complexity index is 845. The van der Waals surface area contributed by atoms with E-state index in [2.05, 4.69) is 10.3 Å². The van der Waals surface area contributed by atoms with Gasteiger partial charge in [-0.1, -0.05) is 0 Å². The lowest BCUT2D eigenvalue weighted by Gasteiger charge is -2.19. The average molecular weight is 348 g/mol. The van der Waals surface area contributed by atoms with Crippen LogP contribution in [-0.4, -0.2) is 61.3 Å². The smallest absolute Gasteiger partial charge is 0.282 e. The molecule has 0 radical (unpaired) electrons. The zero-order valence-electron chi connectivity index (χ0n) is 15.4. The van der Waals surface area contributed by atoms with Gasteiger partial charge in [-0.15, -0.1) is 0 Å². The van der Waals surface area contributed by atoms with Crippen molar-refractivity contribution in [1.29, 1.82) is 0 Å². The Labute approximate surface area is 146 Å². The molecule has 1 atom stereocenters. The molecule has 8 heteroatoms. The second-order valence-electron chi connectivity index (χ2n) is 6.04. The Hall–Kier alpha value is -2.61. The lowest BCUT2D eigenvalue weighted by molar-refractivity contribution is 0.0937. The van der Waals surface area contributed by atoms with Crippen LogP contribution >= 0.6 is 0 Å². The van der Waals surface area contributed by atoms with Gasteiger partial charge in [-0.25, -0.2) is 4.98 Å². The quantitative estimate of drug-likeness (QED) is 0.824. The van der Waals surface area contributed by atoms with Gasteiger partial charge in [0.05, 0.1) is 25.3 Å². The van der Waals surface area contributed by atoms with Crippen LogP contribution in [0.25, 0.3) is 11.0 Å². The fourth-order valence-electron chi connectivity index (χ4n) is 2.31. The first kappa shape index (κ1) is 18.7. The van der Waals surface area contributed by atoms with Crippen LogP contribution in [0.3, 0.4) is 0 Å². The molecule has 1 aromatic heterocycles. The lowest BCUT2D eigenvalue weighted by Crippen LogP contribution is -2.41. The third kappa shape index (κ3) is 3.74. The van der Waals surface area contributed by atoms with E-state index >= 15 is 0 Å². The van der Waals surface area contributed by atoms with Crippen molar-refractivity contribution in [3.8, 4) is 11.5 Å². The Morgan fingerprint density at radius 3 is 2.44 bits per heavy atom. The molecule has 2 rings (SSSR count). The molecular weight excluding hydrogens is 324 g/mol. The topological polar surface area (TPSA) is 85.7 Å². The summed E-state index contributed by atoms with van der Waals surface area (Å²) in [5.41, 5.74) is 0.425. The van der Waals surface area contributed by atoms with Crippen LogP contribution in [0.2, 0.25) is 0 Å². The van der Waals surface area contributed by atoms with Gasteiger partial charge in [0.25, 0.3) is 11.5 Å². The minimum Gasteiger partial charge on any atom is -0.493 e. The van der Waals surface area contributed by atoms with Crippen molar-refractivity contribution in [2.75, 3.05) is 34.9 Å². The Morgan fingerprint density at radius 1 is 1.28 bits per heavy atom. The van der Waals surface area contributed by atoms with Crippen LogP contribution < -0.4 is 20.3 Å². The second kappa shape index (κ2) is 7.52. The maximum Gasteiger partial charge on any atom is 0.282 e. The number of fused-ring (bicyclic) bond motifs is 1. The first-order chi connectivity index (χ1) is 11.8. The van der Waals surface area contributed by atoms with Crippen molar-refractivity contribution in [2.45, 2.75) is 13.0 Å². The lowest BCUT2D eigenvalue weighted by atomic mass is 10.2. The largest absolute Gasteiger partial charge is 0.493 e. The molecule has 2 aromatic rings. The maximum atomic E-state index is 12.5. The van der Waals surface area contributed by atoms with Gasteiger partial charge >= 0.3 is 0 Å². The number of hydrogen-bond donors (Lipinski definition) is 1. The minimum atomic E-state index is -0.494. The number of aromatic nitrogens is 2. The second-order valence-corrected chi connectivity index (χ2v) is 6.04. The van der Waals surface area contributed by atoms with Gasteiger partial charge in [-0.3, -0.25) is 9.59 Å². The number of methoxy groups -OCH3 is 2. The Morgan fingerprint density at radius 2 is 1.88 bits per heavy atom. The molecule has 25 heavy (non-hydrogen) atoms. The summed E-state index contributed by atoms with van der Waals surface area (Å²) >= 11 is 0. The van der Waals surface area contributed by atoms with Crippen molar-refractivity contribution in [2.24, 2.45) is 7.05 Å². The fraction of sp³-hybridized carbons (Fsp3) is 0.471. The van der Waals surface area contributed by atoms with E-state index in [9.17, 15) is 9.59 Å². The first-order valence-corrected chi connectivity index (χ1v) is 7.87. The maximum absolute atomic E-state index is 12.5. The van der Waals surface area contributed by atoms with Crippen molar-refractivity contribution < 1.29 is 14.3 Å². The van der Waals surface area contributed by atoms with Crippen LogP contribution in [0.15, 0.2) is 16.9 Å². The molecule has 0 bridgehead atoms. The summed E-state index contributed by atoms with van der Waals surface area (Å²) in [6.07, 6.45) is 0. The number of amides is 1. The average Bonchev–Trinajstić information content (AvgIpc) is 2.60. The predicted molar refractivity (Wildman–Crippen MR) is 95.6 cm³/mol. The molecule has 0 saturated heterocycles. The number of aryl methyl sites for hydroxylation is 1. The molecule has 0 saturated carbocycles. The standard InChI is InChI=1S/C17H24N4O4/c1-10(20(2)3)9-18-16(22)15-17(23)21(4)12-8-14(25-6)13(24-5)7-11(12)19-15/h7-8,10H,9H2,1-6H3,(H,18,22)/t10-/m0/s1. The molecule has 0 spiro atoms. The summed E-state index contributed by atoms with van der Waals surface area (Å²) < 4.78 is 11.9. The molecule has 0 fully saturated rings. The van der Waals surface area contributed by atoms with Crippen LogP contribution in [0.1, 0.15) is 17.4 Å². The van der Waals surface area contributed by atoms with Crippen molar-refractivity contribution in [1.82, 2.24) is 19.8 Å². The number of benzene rings is 1. The summed E-state index contributed by atoms with van der Waals surface area (Å²) in [5.74, 6) is 0.475. The van der Waals surface area contributed by atoms with Gasteiger partial charge in [0, 0.05) is 31.8 Å². The normalized spacial score (nSPS) is 12.3. The number of nitrogens with zero attached hydrogens (tertiary/aromatic N) is 3. The van der Waals surface area contributed by atoms with Gasteiger partial charge in [0.1, 0.15) is 0 Å². The highest BCUT2D eigenvalue weighted by Gasteiger charge is 2.19. The SMILES string of the molecule is COc1cc2nc(C(=O)NC[C@H](C)N(C)C)c(=O)n(C)c2cc1OC. The van der Waals surface area contributed by atoms with E-state index in [4.69, 9.17) is 9.47 Å². The van der Waals surface area contributed by atoms with Gasteiger partial charge in [0.15, 0.2) is 17.2 Å². The summed E-state index contributed by atoms with van der Waals surface area (Å²) in [4.78, 5) is 31.1. The van der Waals surface area contributed by atoms with E-state index in [1.807, 2.05) is 25.9 Å². The molecule has 1 N–H and O–H groups in total. The summed E-state index contributed by atoms with van der Waals surface area (Å²) in [5, 5.41) is 2.75. The third-order valence-corrected chi connectivity index (χ3v) is 4.24. The van der Waals surface area contributed by atoms with Crippen LogP contribution in [0.5, 0.6) is 11.5 Å². The highest BCUT2D eigenvalue weighted by atomic mass is 16.5. The highest BCUT2D eigenvalue weighted by Crippen LogP contribution is 2.30. The van der Waals surface area contributed by atoms with Crippen molar-refractivity contribution >= 4 is 16.9 Å². The zero-order chi connectivity index (χ0) is 18.7. The van der Waals surface area contributed by atoms with Crippen LogP contribution in [0.4, 0.5) is 0 Å². The molecule has 1 aromatic carbocycles. The summed E-state index contributed by atoms with van der Waals surface area (Å²) in [6.45, 7) is 2.39. The molecule has 1 amide bonds. The van der Waals surface area contributed by atoms with Crippen LogP contribution in [0, 0.1) is 0 Å². The van der Waals surface area contributed by atoms with E-state index < -0.39 is 11.5 Å². The van der Waals surface area contributed by atoms with Gasteiger partial charge < -0.3 is 24.3 Å². The van der Waals surface area contributed by atoms with E-state index in [-0.39, 0.29) is 11.7 Å². The fourth-order valence-corrected chi connectivity index (χ4v) is 2.31. The number of nitrogens with one attached hydrogen (secondary N) is 1. The van der Waals surface area contributed by atoms with Gasteiger partial charge in [-0.2, -0.15) is 0 Å². The van der Waals surface area contributed by atoms with Crippen molar-refractivity contribution in [3.63, 3.8) is 0 Å². The Balaban J connectivity index is 2.46. The van der Waals surface area contributed by atoms with Crippen LogP contribution in [-0.2, 0) is 7.05 Å². The van der Waals surface area contributed by atoms with E-state index in [0.717, 1.165) is 0 Å². The monoisotopic (exact) mass is 348 g/mol. The summed E-state index contributed by atoms with van der Waals surface area (Å²) in [7, 11) is 8.47. The molecular formula is C17H24N4O4. The number of carbonyl (C=O) groups is 1. The molecule has 8 nitrogen and oxygen atoms in total. The van der Waals surface area contributed by atoms with E-state index in [1.54, 1.807) is 19.2 Å².